The molecule has 7 rings (SSSR count). The minimum absolute atomic E-state index is 0.119. The zero-order valence-corrected chi connectivity index (χ0v) is 20.7. The summed E-state index contributed by atoms with van der Waals surface area (Å²) in [4.78, 5) is 30.3. The maximum absolute atomic E-state index is 13.6. The van der Waals surface area contributed by atoms with Gasteiger partial charge in [-0.2, -0.15) is 5.10 Å². The molecule has 0 unspecified atom stereocenters. The number of benzene rings is 1. The monoisotopic (exact) mass is 498 g/mol. The van der Waals surface area contributed by atoms with Gasteiger partial charge in [0.1, 0.15) is 10.8 Å². The standard InChI is InChI=1S/C26H31ClN4O4/c1-35-21-5-3-2-4-19(21)29-6-8-30(9-7-29)20-15-28-31(24(32)23(20)27)26-13-16-10-17(14-26)12-18(11-16)22(26)25(33)34/h2-5,15-18,22H,6-14H2,1H3,(H,33,34)/t16-,17-,18?,22+,26?/m0/s1. The Labute approximate surface area is 209 Å². The zero-order valence-electron chi connectivity index (χ0n) is 19.9. The molecule has 2 heterocycles. The second-order valence-electron chi connectivity index (χ2n) is 10.7. The van der Waals surface area contributed by atoms with Gasteiger partial charge in [-0.15, -0.1) is 0 Å². The number of nitrogens with zero attached hydrogens (tertiary/aromatic N) is 4. The molecule has 1 aromatic heterocycles. The molecular formula is C26H31ClN4O4. The number of hydrogen-bond donors (Lipinski definition) is 1. The van der Waals surface area contributed by atoms with Crippen LogP contribution in [0, 0.1) is 23.7 Å². The Morgan fingerprint density at radius 2 is 1.69 bits per heavy atom. The van der Waals surface area contributed by atoms with Gasteiger partial charge in [0, 0.05) is 26.2 Å². The highest BCUT2D eigenvalue weighted by atomic mass is 35.5. The summed E-state index contributed by atoms with van der Waals surface area (Å²) in [7, 11) is 1.67. The summed E-state index contributed by atoms with van der Waals surface area (Å²) in [6.07, 6.45) is 6.13. The fourth-order valence-electron chi connectivity index (χ4n) is 7.77. The van der Waals surface area contributed by atoms with E-state index in [1.54, 1.807) is 13.3 Å². The number of rotatable bonds is 5. The minimum atomic E-state index is -0.810. The molecule has 5 fully saturated rings. The van der Waals surface area contributed by atoms with E-state index in [4.69, 9.17) is 16.3 Å². The molecule has 5 aliphatic rings. The summed E-state index contributed by atoms with van der Waals surface area (Å²) in [5.41, 5.74) is 0.562. The van der Waals surface area contributed by atoms with Crippen LogP contribution in [0.1, 0.15) is 32.1 Å². The number of para-hydroxylation sites is 2. The first kappa shape index (κ1) is 22.7. The molecule has 1 aromatic carbocycles. The maximum atomic E-state index is 13.6. The van der Waals surface area contributed by atoms with E-state index in [2.05, 4.69) is 21.0 Å². The second-order valence-corrected chi connectivity index (χ2v) is 11.1. The summed E-state index contributed by atoms with van der Waals surface area (Å²) in [6.45, 7) is 2.90. The summed E-state index contributed by atoms with van der Waals surface area (Å²) in [5.74, 6) is 0.513. The first-order valence-electron chi connectivity index (χ1n) is 12.6. The van der Waals surface area contributed by atoms with Crippen LogP contribution < -0.4 is 20.1 Å². The van der Waals surface area contributed by atoms with E-state index in [0.717, 1.165) is 43.8 Å². The fourth-order valence-corrected chi connectivity index (χ4v) is 8.02. The van der Waals surface area contributed by atoms with Gasteiger partial charge in [0.2, 0.25) is 0 Å². The van der Waals surface area contributed by atoms with Crippen LogP contribution in [-0.2, 0) is 10.3 Å². The Balaban J connectivity index is 1.28. The average molecular weight is 499 g/mol. The lowest BCUT2D eigenvalue weighted by molar-refractivity contribution is -0.168. The van der Waals surface area contributed by atoms with Crippen LogP contribution in [0.25, 0.3) is 0 Å². The molecule has 1 saturated heterocycles. The lowest BCUT2D eigenvalue weighted by atomic mass is 9.48. The molecule has 4 aliphatic carbocycles. The molecule has 8 nitrogen and oxygen atoms in total. The smallest absolute Gasteiger partial charge is 0.309 e. The molecule has 4 saturated carbocycles. The van der Waals surface area contributed by atoms with E-state index in [-0.39, 0.29) is 16.5 Å². The number of carboxylic acids is 1. The lowest BCUT2D eigenvalue weighted by Gasteiger charge is -2.59. The largest absolute Gasteiger partial charge is 0.495 e. The zero-order chi connectivity index (χ0) is 24.3. The molecule has 1 aliphatic heterocycles. The Morgan fingerprint density at radius 1 is 1.06 bits per heavy atom. The van der Waals surface area contributed by atoms with Gasteiger partial charge in [-0.3, -0.25) is 9.59 Å². The van der Waals surface area contributed by atoms with E-state index >= 15 is 0 Å². The van der Waals surface area contributed by atoms with Gasteiger partial charge in [-0.25, -0.2) is 4.68 Å². The first-order chi connectivity index (χ1) is 16.9. The number of aromatic nitrogens is 2. The molecule has 2 aromatic rings. The van der Waals surface area contributed by atoms with Gasteiger partial charge in [0.25, 0.3) is 5.56 Å². The number of methoxy groups -OCH3 is 1. The molecule has 0 amide bonds. The number of anilines is 2. The number of aliphatic carboxylic acids is 1. The Bertz CT molecular complexity index is 1190. The van der Waals surface area contributed by atoms with Gasteiger partial charge in [0.05, 0.1) is 36.1 Å². The van der Waals surface area contributed by atoms with E-state index in [1.165, 1.54) is 4.68 Å². The van der Waals surface area contributed by atoms with Crippen molar-refractivity contribution in [1.82, 2.24) is 9.78 Å². The molecule has 3 atom stereocenters. The number of carbonyl (C=O) groups is 1. The van der Waals surface area contributed by atoms with Gasteiger partial charge < -0.3 is 19.6 Å². The third-order valence-electron chi connectivity index (χ3n) is 8.91. The van der Waals surface area contributed by atoms with Gasteiger partial charge in [0.15, 0.2) is 0 Å². The Morgan fingerprint density at radius 3 is 2.31 bits per heavy atom. The quantitative estimate of drug-likeness (QED) is 0.675. The fraction of sp³-hybridized carbons (Fsp3) is 0.577. The highest BCUT2D eigenvalue weighted by Crippen LogP contribution is 2.61. The van der Waals surface area contributed by atoms with Crippen LogP contribution in [0.15, 0.2) is 35.3 Å². The number of ether oxygens (including phenoxy) is 1. The van der Waals surface area contributed by atoms with Crippen LogP contribution in [0.3, 0.4) is 0 Å². The molecule has 35 heavy (non-hydrogen) atoms. The Hall–Kier alpha value is -2.74. The molecule has 1 N–H and O–H groups in total. The molecule has 0 radical (unpaired) electrons. The van der Waals surface area contributed by atoms with E-state index in [0.29, 0.717) is 43.5 Å². The van der Waals surface area contributed by atoms with Crippen LogP contribution >= 0.6 is 11.6 Å². The maximum Gasteiger partial charge on any atom is 0.309 e. The molecule has 9 heteroatoms. The van der Waals surface area contributed by atoms with Crippen LogP contribution in [0.4, 0.5) is 11.4 Å². The lowest BCUT2D eigenvalue weighted by Crippen LogP contribution is -2.63. The number of halogens is 1. The minimum Gasteiger partial charge on any atom is -0.495 e. The van der Waals surface area contributed by atoms with Crippen LogP contribution in [-0.4, -0.2) is 54.1 Å². The van der Waals surface area contributed by atoms with E-state index < -0.39 is 17.4 Å². The third-order valence-corrected chi connectivity index (χ3v) is 9.26. The van der Waals surface area contributed by atoms with Crippen molar-refractivity contribution in [2.24, 2.45) is 23.7 Å². The van der Waals surface area contributed by atoms with Gasteiger partial charge in [-0.1, -0.05) is 23.7 Å². The van der Waals surface area contributed by atoms with Crippen molar-refractivity contribution >= 4 is 28.9 Å². The summed E-state index contributed by atoms with van der Waals surface area (Å²) in [5, 5.41) is 14.9. The Kier molecular flexibility index (Phi) is 5.47. The predicted molar refractivity (Wildman–Crippen MR) is 134 cm³/mol. The third kappa shape index (κ3) is 3.51. The van der Waals surface area contributed by atoms with E-state index in [1.807, 2.05) is 18.2 Å². The van der Waals surface area contributed by atoms with Gasteiger partial charge in [-0.05, 0) is 62.0 Å². The second kappa shape index (κ2) is 8.43. The number of piperazine rings is 1. The topological polar surface area (TPSA) is 87.9 Å². The molecular weight excluding hydrogens is 468 g/mol. The van der Waals surface area contributed by atoms with Crippen molar-refractivity contribution in [3.63, 3.8) is 0 Å². The normalized spacial score (nSPS) is 31.6. The SMILES string of the molecule is COc1ccccc1N1CCN(c2cnn(C34C[C@@H]5CC(C[C@H](C5)C3)[C@@H]4C(=O)O)c(=O)c2Cl)CC1. The highest BCUT2D eigenvalue weighted by Gasteiger charge is 2.61. The predicted octanol–water partition coefficient (Wildman–Crippen LogP) is 3.47. The highest BCUT2D eigenvalue weighted by molar-refractivity contribution is 6.33. The summed E-state index contributed by atoms with van der Waals surface area (Å²) < 4.78 is 6.98. The van der Waals surface area contributed by atoms with Crippen molar-refractivity contribution in [2.75, 3.05) is 43.1 Å². The van der Waals surface area contributed by atoms with E-state index in [9.17, 15) is 14.7 Å². The first-order valence-corrected chi connectivity index (χ1v) is 12.9. The molecule has 4 bridgehead atoms. The summed E-state index contributed by atoms with van der Waals surface area (Å²) >= 11 is 6.70. The van der Waals surface area contributed by atoms with Gasteiger partial charge >= 0.3 is 5.97 Å². The number of hydrogen-bond acceptors (Lipinski definition) is 6. The van der Waals surface area contributed by atoms with Crippen LogP contribution in [0.5, 0.6) is 5.75 Å². The van der Waals surface area contributed by atoms with Crippen molar-refractivity contribution in [1.29, 1.82) is 0 Å². The van der Waals surface area contributed by atoms with Crippen molar-refractivity contribution in [3.05, 3.63) is 45.8 Å². The number of carboxylic acid groups (broad SMARTS) is 1. The molecule has 186 valence electrons. The average Bonchev–Trinajstić information content (AvgIpc) is 2.85. The van der Waals surface area contributed by atoms with Crippen molar-refractivity contribution < 1.29 is 14.6 Å². The van der Waals surface area contributed by atoms with Crippen molar-refractivity contribution in [3.8, 4) is 5.75 Å². The summed E-state index contributed by atoms with van der Waals surface area (Å²) in [6, 6.07) is 7.96. The van der Waals surface area contributed by atoms with Crippen LogP contribution in [0.2, 0.25) is 5.02 Å². The van der Waals surface area contributed by atoms with Crippen molar-refractivity contribution in [2.45, 2.75) is 37.6 Å². The molecule has 0 spiro atoms.